The van der Waals surface area contributed by atoms with E-state index in [2.05, 4.69) is 50.3 Å². The van der Waals surface area contributed by atoms with E-state index in [0.717, 1.165) is 45.8 Å². The summed E-state index contributed by atoms with van der Waals surface area (Å²) < 4.78 is 0. The summed E-state index contributed by atoms with van der Waals surface area (Å²) in [4.78, 5) is 10.5. The monoisotopic (exact) mass is 455 g/mol. The fraction of sp³-hybridized carbons (Fsp3) is 0.296. The van der Waals surface area contributed by atoms with E-state index in [0.29, 0.717) is 24.9 Å². The number of nitrogens with one attached hydrogen (secondary N) is 1. The molecular formula is C27H26ClN5. The van der Waals surface area contributed by atoms with Crippen LogP contribution in [0.1, 0.15) is 42.7 Å². The summed E-state index contributed by atoms with van der Waals surface area (Å²) in [6, 6.07) is 16.9. The SMILES string of the molecule is ClC1=CCN(c2ccccn2)c2c3c([nH]c2=C1)=C([C@H]1CC[C@H](c2ccccc2)CC1)N=NC3. The van der Waals surface area contributed by atoms with Crippen LogP contribution in [0.2, 0.25) is 0 Å². The maximum atomic E-state index is 6.51. The summed E-state index contributed by atoms with van der Waals surface area (Å²) in [5, 5.41) is 12.1. The Hall–Kier alpha value is -3.18. The molecule has 1 saturated carbocycles. The molecule has 1 aliphatic carbocycles. The number of nitrogens with zero attached hydrogens (tertiary/aromatic N) is 4. The molecule has 3 aliphatic rings. The lowest BCUT2D eigenvalue weighted by Gasteiger charge is -2.29. The Labute approximate surface area is 198 Å². The van der Waals surface area contributed by atoms with Crippen LogP contribution in [0.25, 0.3) is 11.8 Å². The number of hydrogen-bond acceptors (Lipinski definition) is 4. The fourth-order valence-corrected chi connectivity index (χ4v) is 5.65. The largest absolute Gasteiger partial charge is 0.352 e. The smallest absolute Gasteiger partial charge is 0.133 e. The Morgan fingerprint density at radius 1 is 0.939 bits per heavy atom. The molecule has 0 spiro atoms. The van der Waals surface area contributed by atoms with E-state index in [4.69, 9.17) is 16.7 Å². The van der Waals surface area contributed by atoms with Gasteiger partial charge in [0.15, 0.2) is 0 Å². The number of benzene rings is 1. The van der Waals surface area contributed by atoms with Gasteiger partial charge in [-0.1, -0.05) is 48.0 Å². The highest BCUT2D eigenvalue weighted by atomic mass is 35.5. The Kier molecular flexibility index (Phi) is 5.35. The van der Waals surface area contributed by atoms with Crippen molar-refractivity contribution in [3.63, 3.8) is 0 Å². The first-order valence-corrected chi connectivity index (χ1v) is 12.1. The number of H-pyrrole nitrogens is 1. The molecule has 0 radical (unpaired) electrons. The molecule has 1 fully saturated rings. The molecular weight excluding hydrogens is 430 g/mol. The van der Waals surface area contributed by atoms with Crippen LogP contribution in [-0.4, -0.2) is 16.5 Å². The minimum atomic E-state index is 0.421. The third kappa shape index (κ3) is 3.80. The standard InChI is InChI=1S/C27H26ClN5/c28-21-13-15-33(24-8-4-5-14-29-24)27-22-17-30-32-25(26(22)31-23(27)16-21)20-11-9-19(10-12-20)18-6-2-1-3-7-18/h1-8,13-14,16,19-20,31H,9-12,15,17H2/t19-,20-. The second-order valence-corrected chi connectivity index (χ2v) is 9.45. The van der Waals surface area contributed by atoms with Crippen molar-refractivity contribution < 1.29 is 0 Å². The molecule has 1 aromatic carbocycles. The van der Waals surface area contributed by atoms with Crippen molar-refractivity contribution in [1.29, 1.82) is 0 Å². The van der Waals surface area contributed by atoms with Crippen molar-refractivity contribution >= 4 is 34.9 Å². The maximum Gasteiger partial charge on any atom is 0.133 e. The molecule has 2 aliphatic heterocycles. The third-order valence-electron chi connectivity index (χ3n) is 7.10. The van der Waals surface area contributed by atoms with Crippen LogP contribution < -0.4 is 15.6 Å². The molecule has 2 aromatic heterocycles. The van der Waals surface area contributed by atoms with Crippen molar-refractivity contribution in [3.05, 3.63) is 87.7 Å². The summed E-state index contributed by atoms with van der Waals surface area (Å²) in [7, 11) is 0. The third-order valence-corrected chi connectivity index (χ3v) is 7.36. The first-order valence-electron chi connectivity index (χ1n) is 11.7. The predicted octanol–water partition coefficient (Wildman–Crippen LogP) is 5.51. The zero-order valence-corrected chi connectivity index (χ0v) is 19.2. The number of aromatic nitrogens is 2. The number of halogens is 1. The lowest BCUT2D eigenvalue weighted by Crippen LogP contribution is -2.25. The highest BCUT2D eigenvalue weighted by molar-refractivity contribution is 6.34. The molecule has 0 saturated heterocycles. The van der Waals surface area contributed by atoms with E-state index in [1.54, 1.807) is 0 Å². The van der Waals surface area contributed by atoms with Crippen molar-refractivity contribution in [2.24, 2.45) is 16.1 Å². The van der Waals surface area contributed by atoms with Gasteiger partial charge in [-0.2, -0.15) is 10.2 Å². The summed E-state index contributed by atoms with van der Waals surface area (Å²) in [6.07, 6.45) is 10.5. The molecule has 1 N–H and O–H groups in total. The van der Waals surface area contributed by atoms with Crippen molar-refractivity contribution in [3.8, 4) is 0 Å². The van der Waals surface area contributed by atoms with Crippen LogP contribution in [0.4, 0.5) is 11.5 Å². The van der Waals surface area contributed by atoms with E-state index in [1.807, 2.05) is 36.5 Å². The van der Waals surface area contributed by atoms with Crippen LogP contribution in [0, 0.1) is 5.92 Å². The number of pyridine rings is 1. The van der Waals surface area contributed by atoms with Crippen LogP contribution in [-0.2, 0) is 6.54 Å². The number of hydrogen-bond donors (Lipinski definition) is 1. The number of fused-ring (bicyclic) bond motifs is 3. The van der Waals surface area contributed by atoms with Crippen LogP contribution in [0.15, 0.2) is 76.1 Å². The zero-order valence-electron chi connectivity index (χ0n) is 18.4. The van der Waals surface area contributed by atoms with Crippen molar-refractivity contribution in [1.82, 2.24) is 9.97 Å². The van der Waals surface area contributed by atoms with Crippen LogP contribution >= 0.6 is 11.6 Å². The average Bonchev–Trinajstić information content (AvgIpc) is 3.14. The van der Waals surface area contributed by atoms with Gasteiger partial charge in [-0.05, 0) is 61.4 Å². The molecule has 0 atom stereocenters. The molecule has 0 amide bonds. The Balaban J connectivity index is 1.40. The Morgan fingerprint density at radius 3 is 2.52 bits per heavy atom. The van der Waals surface area contributed by atoms with Gasteiger partial charge in [0, 0.05) is 29.3 Å². The van der Waals surface area contributed by atoms with E-state index in [9.17, 15) is 0 Å². The number of aromatic amines is 1. The molecule has 6 heteroatoms. The van der Waals surface area contributed by atoms with Gasteiger partial charge in [0.25, 0.3) is 0 Å². The molecule has 4 heterocycles. The Morgan fingerprint density at radius 2 is 1.73 bits per heavy atom. The highest BCUT2D eigenvalue weighted by Crippen LogP contribution is 2.40. The quantitative estimate of drug-likeness (QED) is 0.565. The van der Waals surface area contributed by atoms with Crippen molar-refractivity contribution in [2.45, 2.75) is 38.1 Å². The molecule has 0 bridgehead atoms. The molecule has 0 unspecified atom stereocenters. The number of rotatable bonds is 3. The number of anilines is 2. The predicted molar refractivity (Wildman–Crippen MR) is 133 cm³/mol. The number of azo groups is 1. The summed E-state index contributed by atoms with van der Waals surface area (Å²) in [6.45, 7) is 1.23. The highest BCUT2D eigenvalue weighted by Gasteiger charge is 2.29. The van der Waals surface area contributed by atoms with Gasteiger partial charge < -0.3 is 9.88 Å². The molecule has 3 aromatic rings. The molecule has 166 valence electrons. The van der Waals surface area contributed by atoms with Crippen LogP contribution in [0.5, 0.6) is 0 Å². The van der Waals surface area contributed by atoms with Gasteiger partial charge >= 0.3 is 0 Å². The average molecular weight is 456 g/mol. The lowest BCUT2D eigenvalue weighted by molar-refractivity contribution is 0.378. The van der Waals surface area contributed by atoms with Gasteiger partial charge in [-0.3, -0.25) is 0 Å². The number of allylic oxidation sites excluding steroid dienone is 1. The second-order valence-electron chi connectivity index (χ2n) is 9.02. The van der Waals surface area contributed by atoms with Gasteiger partial charge in [-0.15, -0.1) is 0 Å². The van der Waals surface area contributed by atoms with Gasteiger partial charge in [0.05, 0.1) is 28.6 Å². The maximum absolute atomic E-state index is 6.51. The zero-order chi connectivity index (χ0) is 22.2. The Bertz CT molecular complexity index is 1330. The first kappa shape index (κ1) is 20.4. The van der Waals surface area contributed by atoms with Gasteiger partial charge in [0.2, 0.25) is 0 Å². The first-order chi connectivity index (χ1) is 16.3. The molecule has 33 heavy (non-hydrogen) atoms. The topological polar surface area (TPSA) is 56.6 Å². The van der Waals surface area contributed by atoms with E-state index >= 15 is 0 Å². The van der Waals surface area contributed by atoms with Crippen molar-refractivity contribution in [2.75, 3.05) is 11.4 Å². The lowest BCUT2D eigenvalue weighted by atomic mass is 9.77. The summed E-state index contributed by atoms with van der Waals surface area (Å²) >= 11 is 6.51. The summed E-state index contributed by atoms with van der Waals surface area (Å²) in [5.41, 5.74) is 4.87. The molecule has 6 rings (SSSR count). The minimum absolute atomic E-state index is 0.421. The normalized spacial score (nSPS) is 22.2. The van der Waals surface area contributed by atoms with Crippen LogP contribution in [0.3, 0.4) is 0 Å². The second kappa shape index (κ2) is 8.64. The summed E-state index contributed by atoms with van der Waals surface area (Å²) in [5.74, 6) is 1.97. The van der Waals surface area contributed by atoms with Gasteiger partial charge in [0.1, 0.15) is 5.82 Å². The molecule has 5 nitrogen and oxygen atoms in total. The minimum Gasteiger partial charge on any atom is -0.352 e. The fourth-order valence-electron chi connectivity index (χ4n) is 5.47. The van der Waals surface area contributed by atoms with E-state index < -0.39 is 0 Å². The van der Waals surface area contributed by atoms with E-state index in [-0.39, 0.29) is 0 Å². The van der Waals surface area contributed by atoms with E-state index in [1.165, 1.54) is 24.0 Å². The van der Waals surface area contributed by atoms with Gasteiger partial charge in [-0.25, -0.2) is 4.98 Å².